The van der Waals surface area contributed by atoms with Crippen LogP contribution in [0.15, 0.2) is 94.5 Å². The molecule has 0 aliphatic heterocycles. The predicted molar refractivity (Wildman–Crippen MR) is 167 cm³/mol. The molecule has 0 radical (unpaired) electrons. The number of fused-ring (bicyclic) bond motifs is 1. The maximum atomic E-state index is 13.4. The quantitative estimate of drug-likeness (QED) is 0.0604. The van der Waals surface area contributed by atoms with E-state index in [1.165, 1.54) is 6.21 Å². The second kappa shape index (κ2) is 11.9. The number of halogens is 4. The normalized spacial score (nSPS) is 11.2. The van der Waals surface area contributed by atoms with Crippen LogP contribution >= 0.6 is 61.7 Å². The van der Waals surface area contributed by atoms with Crippen molar-refractivity contribution in [3.05, 3.63) is 120 Å². The van der Waals surface area contributed by atoms with Crippen LogP contribution in [0.1, 0.15) is 26.4 Å². The fourth-order valence-electron chi connectivity index (χ4n) is 3.97. The fourth-order valence-corrected chi connectivity index (χ4v) is 5.34. The molecule has 10 heteroatoms. The van der Waals surface area contributed by atoms with Gasteiger partial charge in [0.2, 0.25) is 0 Å². The molecule has 0 atom stereocenters. The van der Waals surface area contributed by atoms with Gasteiger partial charge in [-0.15, -0.1) is 0 Å². The molecule has 0 fully saturated rings. The SMILES string of the molecule is O=C(Oc1ccc(Br)cc1C=NNC(=O)c1[nH]c2c(I)cccc2c1-c1ccccc1Cl)c1ccc(Cl)cc1. The van der Waals surface area contributed by atoms with E-state index < -0.39 is 11.9 Å². The van der Waals surface area contributed by atoms with Crippen molar-refractivity contribution in [2.24, 2.45) is 5.10 Å². The first kappa shape index (κ1) is 27.4. The van der Waals surface area contributed by atoms with E-state index in [0.717, 1.165) is 24.5 Å². The molecule has 0 saturated carbocycles. The topological polar surface area (TPSA) is 83.5 Å². The minimum Gasteiger partial charge on any atom is -0.422 e. The molecule has 5 aromatic rings. The number of para-hydroxylation sites is 1. The lowest BCUT2D eigenvalue weighted by Gasteiger charge is -2.08. The van der Waals surface area contributed by atoms with Gasteiger partial charge in [0.05, 0.1) is 17.3 Å². The van der Waals surface area contributed by atoms with Crippen molar-refractivity contribution in [1.29, 1.82) is 0 Å². The molecule has 5 rings (SSSR count). The first-order valence-electron chi connectivity index (χ1n) is 11.5. The second-order valence-electron chi connectivity index (χ2n) is 8.29. The van der Waals surface area contributed by atoms with E-state index in [4.69, 9.17) is 27.9 Å². The van der Waals surface area contributed by atoms with E-state index >= 15 is 0 Å². The van der Waals surface area contributed by atoms with Crippen molar-refractivity contribution in [2.45, 2.75) is 0 Å². The summed E-state index contributed by atoms with van der Waals surface area (Å²) >= 11 is 18.1. The van der Waals surface area contributed by atoms with E-state index in [1.54, 1.807) is 48.5 Å². The predicted octanol–water partition coefficient (Wildman–Crippen LogP) is 8.49. The summed E-state index contributed by atoms with van der Waals surface area (Å²) in [4.78, 5) is 29.2. The number of hydrogen-bond donors (Lipinski definition) is 2. The number of hydrazone groups is 1. The van der Waals surface area contributed by atoms with Crippen LogP contribution in [0, 0.1) is 3.57 Å². The van der Waals surface area contributed by atoms with Crippen molar-refractivity contribution in [3.63, 3.8) is 0 Å². The number of ether oxygens (including phenoxy) is 1. The van der Waals surface area contributed by atoms with Crippen LogP contribution in [0.4, 0.5) is 0 Å². The number of benzene rings is 4. The smallest absolute Gasteiger partial charge is 0.343 e. The molecule has 0 bridgehead atoms. The molecular formula is C29H17BrCl2IN3O3. The van der Waals surface area contributed by atoms with Crippen LogP contribution in [0.5, 0.6) is 5.75 Å². The average Bonchev–Trinajstić information content (AvgIpc) is 3.31. The largest absolute Gasteiger partial charge is 0.422 e. The van der Waals surface area contributed by atoms with Gasteiger partial charge in [-0.25, -0.2) is 10.2 Å². The van der Waals surface area contributed by atoms with Gasteiger partial charge in [-0.3, -0.25) is 4.79 Å². The Kier molecular flexibility index (Phi) is 8.37. The summed E-state index contributed by atoms with van der Waals surface area (Å²) in [5, 5.41) is 6.06. The van der Waals surface area contributed by atoms with Crippen LogP contribution in [0.25, 0.3) is 22.0 Å². The maximum absolute atomic E-state index is 13.4. The Morgan fingerprint density at radius 1 is 0.974 bits per heavy atom. The third kappa shape index (κ3) is 6.04. The Labute approximate surface area is 255 Å². The molecule has 6 nitrogen and oxygen atoms in total. The third-order valence-corrected chi connectivity index (χ3v) is 7.75. The summed E-state index contributed by atoms with van der Waals surface area (Å²) in [6.07, 6.45) is 1.41. The first-order chi connectivity index (χ1) is 18.8. The number of aromatic nitrogens is 1. The first-order valence-corrected chi connectivity index (χ1v) is 14.1. The van der Waals surface area contributed by atoms with E-state index in [9.17, 15) is 9.59 Å². The zero-order chi connectivity index (χ0) is 27.5. The van der Waals surface area contributed by atoms with Crippen LogP contribution in [0.3, 0.4) is 0 Å². The van der Waals surface area contributed by atoms with Crippen molar-refractivity contribution in [2.75, 3.05) is 0 Å². The van der Waals surface area contributed by atoms with E-state index in [-0.39, 0.29) is 5.75 Å². The molecule has 2 N–H and O–H groups in total. The van der Waals surface area contributed by atoms with Crippen molar-refractivity contribution in [1.82, 2.24) is 10.4 Å². The lowest BCUT2D eigenvalue weighted by molar-refractivity contribution is 0.0734. The van der Waals surface area contributed by atoms with Gasteiger partial charge in [-0.2, -0.15) is 5.10 Å². The number of carbonyl (C=O) groups excluding carboxylic acids is 2. The number of aromatic amines is 1. The summed E-state index contributed by atoms with van der Waals surface area (Å²) in [7, 11) is 0. The summed E-state index contributed by atoms with van der Waals surface area (Å²) < 4.78 is 7.29. The van der Waals surface area contributed by atoms with Gasteiger partial charge >= 0.3 is 5.97 Å². The Hall–Kier alpha value is -3.18. The summed E-state index contributed by atoms with van der Waals surface area (Å²) in [5.41, 5.74) is 5.96. The molecule has 1 aromatic heterocycles. The maximum Gasteiger partial charge on any atom is 0.343 e. The van der Waals surface area contributed by atoms with Gasteiger partial charge in [-0.1, -0.05) is 69.5 Å². The Balaban J connectivity index is 1.43. The molecule has 0 unspecified atom stereocenters. The number of amides is 1. The minimum absolute atomic E-state index is 0.271. The van der Waals surface area contributed by atoms with Gasteiger partial charge in [0, 0.05) is 40.2 Å². The fraction of sp³-hybridized carbons (Fsp3) is 0. The summed E-state index contributed by atoms with van der Waals surface area (Å²) in [6.45, 7) is 0. The number of carbonyl (C=O) groups is 2. The molecule has 1 amide bonds. The van der Waals surface area contributed by atoms with Crippen LogP contribution in [-0.4, -0.2) is 23.1 Å². The molecule has 0 aliphatic carbocycles. The third-order valence-electron chi connectivity index (χ3n) is 5.78. The highest BCUT2D eigenvalue weighted by molar-refractivity contribution is 14.1. The zero-order valence-electron chi connectivity index (χ0n) is 19.8. The van der Waals surface area contributed by atoms with E-state index in [1.807, 2.05) is 36.4 Å². The molecule has 194 valence electrons. The average molecular weight is 733 g/mol. The number of hydrogen-bond acceptors (Lipinski definition) is 4. The standard InChI is InChI=1S/C29H17BrCl2IN3O3/c30-18-10-13-24(39-29(38)16-8-11-19(31)12-9-16)17(14-18)15-34-36-28(37)27-25(20-4-1-2-6-22(20)32)21-5-3-7-23(33)26(21)35-27/h1-15,35H,(H,36,37). The summed E-state index contributed by atoms with van der Waals surface area (Å²) in [5.74, 6) is -0.735. The van der Waals surface area contributed by atoms with Gasteiger partial charge < -0.3 is 9.72 Å². The van der Waals surface area contributed by atoms with E-state index in [0.29, 0.717) is 32.4 Å². The second-order valence-corrected chi connectivity index (χ2v) is 11.2. The molecule has 39 heavy (non-hydrogen) atoms. The molecular weight excluding hydrogens is 716 g/mol. The minimum atomic E-state index is -0.551. The summed E-state index contributed by atoms with van der Waals surface area (Å²) in [6, 6.07) is 24.7. The Morgan fingerprint density at radius 3 is 2.51 bits per heavy atom. The van der Waals surface area contributed by atoms with Crippen LogP contribution < -0.4 is 10.2 Å². The molecule has 1 heterocycles. The number of nitrogens with zero attached hydrogens (tertiary/aromatic N) is 1. The van der Waals surface area contributed by atoms with Crippen molar-refractivity contribution >= 4 is 90.7 Å². The van der Waals surface area contributed by atoms with E-state index in [2.05, 4.69) is 54.0 Å². The highest BCUT2D eigenvalue weighted by Gasteiger charge is 2.21. The number of rotatable bonds is 6. The zero-order valence-corrected chi connectivity index (χ0v) is 25.1. The Morgan fingerprint density at radius 2 is 1.74 bits per heavy atom. The molecule has 0 aliphatic rings. The lowest BCUT2D eigenvalue weighted by Crippen LogP contribution is -2.19. The van der Waals surface area contributed by atoms with Crippen LogP contribution in [0.2, 0.25) is 10.0 Å². The number of esters is 1. The van der Waals surface area contributed by atoms with Gasteiger partial charge in [0.15, 0.2) is 0 Å². The molecule has 0 saturated heterocycles. The van der Waals surface area contributed by atoms with Crippen LogP contribution in [-0.2, 0) is 0 Å². The van der Waals surface area contributed by atoms with Gasteiger partial charge in [-0.05, 0) is 77.2 Å². The molecule has 0 spiro atoms. The number of nitrogens with one attached hydrogen (secondary N) is 2. The van der Waals surface area contributed by atoms with Gasteiger partial charge in [0.1, 0.15) is 11.4 Å². The van der Waals surface area contributed by atoms with Crippen molar-refractivity contribution < 1.29 is 14.3 Å². The highest BCUT2D eigenvalue weighted by atomic mass is 127. The highest BCUT2D eigenvalue weighted by Crippen LogP contribution is 2.38. The Bertz CT molecular complexity index is 1750. The van der Waals surface area contributed by atoms with Crippen molar-refractivity contribution in [3.8, 4) is 16.9 Å². The lowest BCUT2D eigenvalue weighted by atomic mass is 10.0. The monoisotopic (exact) mass is 731 g/mol. The molecule has 4 aromatic carbocycles. The number of H-pyrrole nitrogens is 1. The van der Waals surface area contributed by atoms with Gasteiger partial charge in [0.25, 0.3) is 5.91 Å².